The van der Waals surface area contributed by atoms with E-state index in [-0.39, 0.29) is 6.79 Å². The van der Waals surface area contributed by atoms with Gasteiger partial charge in [0.15, 0.2) is 11.5 Å². The second kappa shape index (κ2) is 6.10. The van der Waals surface area contributed by atoms with Crippen molar-refractivity contribution in [3.05, 3.63) is 66.5 Å². The molecular formula is C17H15N3O3. The zero-order chi connectivity index (χ0) is 15.5. The molecule has 116 valence electrons. The smallest absolute Gasteiger partial charge is 0.231 e. The first-order valence-electron chi connectivity index (χ1n) is 7.29. The van der Waals surface area contributed by atoms with E-state index >= 15 is 0 Å². The van der Waals surface area contributed by atoms with Crippen LogP contribution in [-0.2, 0) is 18.0 Å². The van der Waals surface area contributed by atoms with E-state index in [1.807, 2.05) is 47.2 Å². The quantitative estimate of drug-likeness (QED) is 0.725. The van der Waals surface area contributed by atoms with E-state index in [4.69, 9.17) is 14.2 Å². The van der Waals surface area contributed by atoms with Crippen molar-refractivity contribution in [2.75, 3.05) is 6.79 Å². The molecule has 2 aromatic heterocycles. The van der Waals surface area contributed by atoms with Crippen LogP contribution in [0.5, 0.6) is 11.5 Å². The van der Waals surface area contributed by atoms with E-state index in [1.165, 1.54) is 0 Å². The van der Waals surface area contributed by atoms with Crippen molar-refractivity contribution in [2.45, 2.75) is 13.2 Å². The summed E-state index contributed by atoms with van der Waals surface area (Å²) in [6.45, 7) is 1.18. The summed E-state index contributed by atoms with van der Waals surface area (Å²) < 4.78 is 18.3. The Hall–Kier alpha value is -2.86. The normalized spacial score (nSPS) is 12.5. The van der Waals surface area contributed by atoms with Crippen LogP contribution in [0.15, 0.2) is 55.1 Å². The topological polar surface area (TPSA) is 58.4 Å². The maximum atomic E-state index is 5.65. The number of hydrogen-bond donors (Lipinski definition) is 0. The van der Waals surface area contributed by atoms with Crippen LogP contribution in [0.1, 0.15) is 11.4 Å². The minimum absolute atomic E-state index is 0.273. The highest BCUT2D eigenvalue weighted by molar-refractivity contribution is 5.50. The highest BCUT2D eigenvalue weighted by Gasteiger charge is 2.14. The Kier molecular flexibility index (Phi) is 3.65. The maximum Gasteiger partial charge on any atom is 0.231 e. The van der Waals surface area contributed by atoms with E-state index in [1.54, 1.807) is 12.5 Å². The average molecular weight is 309 g/mol. The lowest BCUT2D eigenvalue weighted by Crippen LogP contribution is -1.96. The molecule has 0 N–H and O–H groups in total. The first-order chi connectivity index (χ1) is 11.4. The van der Waals surface area contributed by atoms with Crippen molar-refractivity contribution in [3.8, 4) is 17.2 Å². The Bertz CT molecular complexity index is 802. The largest absolute Gasteiger partial charge is 0.454 e. The van der Waals surface area contributed by atoms with Gasteiger partial charge in [-0.15, -0.1) is 0 Å². The van der Waals surface area contributed by atoms with Crippen LogP contribution in [-0.4, -0.2) is 21.3 Å². The fraction of sp³-hybridized carbons (Fsp3) is 0.176. The summed E-state index contributed by atoms with van der Waals surface area (Å²) in [4.78, 5) is 8.58. The molecule has 1 aliphatic heterocycles. The molecule has 23 heavy (non-hydrogen) atoms. The lowest BCUT2D eigenvalue weighted by Gasteiger charge is -2.03. The third-order valence-electron chi connectivity index (χ3n) is 3.52. The zero-order valence-electron chi connectivity index (χ0n) is 12.4. The highest BCUT2D eigenvalue weighted by atomic mass is 16.7. The summed E-state index contributed by atoms with van der Waals surface area (Å²) in [5.74, 6) is 1.52. The van der Waals surface area contributed by atoms with Gasteiger partial charge in [-0.1, -0.05) is 6.07 Å². The Balaban J connectivity index is 1.41. The number of aromatic nitrogens is 3. The van der Waals surface area contributed by atoms with Gasteiger partial charge in [-0.05, 0) is 24.3 Å². The number of benzene rings is 1. The molecule has 3 aromatic rings. The fourth-order valence-corrected chi connectivity index (χ4v) is 2.37. The molecule has 1 aromatic carbocycles. The Labute approximate surface area is 133 Å². The van der Waals surface area contributed by atoms with Crippen LogP contribution < -0.4 is 9.47 Å². The van der Waals surface area contributed by atoms with Crippen molar-refractivity contribution in [1.29, 1.82) is 0 Å². The Morgan fingerprint density at radius 3 is 2.83 bits per heavy atom. The summed E-state index contributed by atoms with van der Waals surface area (Å²) in [6, 6.07) is 11.6. The van der Waals surface area contributed by atoms with Crippen LogP contribution in [0.25, 0.3) is 5.69 Å². The number of ether oxygens (including phenoxy) is 3. The van der Waals surface area contributed by atoms with Crippen LogP contribution in [0.4, 0.5) is 0 Å². The van der Waals surface area contributed by atoms with Gasteiger partial charge in [-0.3, -0.25) is 4.98 Å². The maximum absolute atomic E-state index is 5.65. The molecule has 4 rings (SSSR count). The molecule has 0 aliphatic carbocycles. The van der Waals surface area contributed by atoms with E-state index in [0.29, 0.717) is 13.2 Å². The van der Waals surface area contributed by atoms with Crippen molar-refractivity contribution in [1.82, 2.24) is 14.5 Å². The summed E-state index contributed by atoms with van der Waals surface area (Å²) >= 11 is 0. The first kappa shape index (κ1) is 13.8. The van der Waals surface area contributed by atoms with Crippen LogP contribution in [0.2, 0.25) is 0 Å². The molecule has 6 nitrogen and oxygen atoms in total. The van der Waals surface area contributed by atoms with Gasteiger partial charge in [0.05, 0.1) is 36.6 Å². The van der Waals surface area contributed by atoms with E-state index in [0.717, 1.165) is 28.6 Å². The highest BCUT2D eigenvalue weighted by Crippen LogP contribution is 2.33. The third kappa shape index (κ3) is 3.02. The predicted octanol–water partition coefficient (Wildman–Crippen LogP) is 2.71. The van der Waals surface area contributed by atoms with Crippen LogP contribution >= 0.6 is 0 Å². The zero-order valence-corrected chi connectivity index (χ0v) is 12.4. The lowest BCUT2D eigenvalue weighted by atomic mass is 10.3. The third-order valence-corrected chi connectivity index (χ3v) is 3.52. The predicted molar refractivity (Wildman–Crippen MR) is 82.4 cm³/mol. The van der Waals surface area contributed by atoms with Gasteiger partial charge in [-0.2, -0.15) is 0 Å². The molecule has 0 spiro atoms. The van der Waals surface area contributed by atoms with Gasteiger partial charge < -0.3 is 18.8 Å². The van der Waals surface area contributed by atoms with E-state index < -0.39 is 0 Å². The van der Waals surface area contributed by atoms with Gasteiger partial charge in [-0.25, -0.2) is 4.98 Å². The minimum Gasteiger partial charge on any atom is -0.454 e. The molecule has 6 heteroatoms. The summed E-state index contributed by atoms with van der Waals surface area (Å²) in [7, 11) is 0. The molecule has 0 bridgehead atoms. The molecule has 0 saturated carbocycles. The Morgan fingerprint density at radius 2 is 1.91 bits per heavy atom. The number of imidazole rings is 1. The number of fused-ring (bicyclic) bond motifs is 1. The van der Waals surface area contributed by atoms with E-state index in [2.05, 4.69) is 9.97 Å². The number of rotatable bonds is 5. The van der Waals surface area contributed by atoms with Gasteiger partial charge in [0.2, 0.25) is 6.79 Å². The number of hydrogen-bond acceptors (Lipinski definition) is 5. The molecular weight excluding hydrogens is 294 g/mol. The second-order valence-electron chi connectivity index (χ2n) is 5.12. The summed E-state index contributed by atoms with van der Waals surface area (Å²) in [5.41, 5.74) is 2.74. The first-order valence-corrected chi connectivity index (χ1v) is 7.29. The minimum atomic E-state index is 0.273. The van der Waals surface area contributed by atoms with Crippen LogP contribution in [0.3, 0.4) is 0 Å². The van der Waals surface area contributed by atoms with Gasteiger partial charge in [0.1, 0.15) is 0 Å². The number of pyridine rings is 1. The van der Waals surface area contributed by atoms with E-state index in [9.17, 15) is 0 Å². The van der Waals surface area contributed by atoms with Gasteiger partial charge in [0.25, 0.3) is 0 Å². The van der Waals surface area contributed by atoms with Crippen molar-refractivity contribution in [2.24, 2.45) is 0 Å². The molecule has 0 amide bonds. The van der Waals surface area contributed by atoms with Gasteiger partial charge >= 0.3 is 0 Å². The fourth-order valence-electron chi connectivity index (χ4n) is 2.37. The SMILES string of the molecule is c1ccc(COCc2cn(-c3ccc4c(c3)OCO4)cn2)nc1. The molecule has 0 atom stereocenters. The van der Waals surface area contributed by atoms with Crippen molar-refractivity contribution >= 4 is 0 Å². The van der Waals surface area contributed by atoms with Crippen molar-refractivity contribution < 1.29 is 14.2 Å². The number of nitrogens with zero attached hydrogens (tertiary/aromatic N) is 3. The molecule has 3 heterocycles. The van der Waals surface area contributed by atoms with Gasteiger partial charge in [0, 0.05) is 18.5 Å². The van der Waals surface area contributed by atoms with Crippen molar-refractivity contribution in [3.63, 3.8) is 0 Å². The second-order valence-corrected chi connectivity index (χ2v) is 5.12. The molecule has 1 aliphatic rings. The monoisotopic (exact) mass is 309 g/mol. The summed E-state index contributed by atoms with van der Waals surface area (Å²) in [5, 5.41) is 0. The van der Waals surface area contributed by atoms with Crippen LogP contribution in [0, 0.1) is 0 Å². The average Bonchev–Trinajstić information content (AvgIpc) is 3.24. The molecule has 0 unspecified atom stereocenters. The summed E-state index contributed by atoms with van der Waals surface area (Å²) in [6.07, 6.45) is 5.46. The molecule has 0 fully saturated rings. The standard InChI is InChI=1S/C17H15N3O3/c1-2-6-18-13(3-1)9-21-10-14-8-20(11-19-14)15-4-5-16-17(7-15)23-12-22-16/h1-8,11H,9-10,12H2. The molecule has 0 radical (unpaired) electrons. The lowest BCUT2D eigenvalue weighted by molar-refractivity contribution is 0.102. The Morgan fingerprint density at radius 1 is 1.00 bits per heavy atom. The molecule has 0 saturated heterocycles.